The molecule has 0 saturated carbocycles. The van der Waals surface area contributed by atoms with E-state index in [1.807, 2.05) is 0 Å². The molecule has 0 bridgehead atoms. The van der Waals surface area contributed by atoms with Crippen LogP contribution < -0.4 is 24.7 Å². The topological polar surface area (TPSA) is 184 Å². The van der Waals surface area contributed by atoms with E-state index in [0.717, 1.165) is 38.1 Å². The SMILES string of the molecule is COc1ccc(/C=N\Nc2nc(N3CCCCC3)nc(N3CCOCC3)n2)cc1Oc1ccc([N+](=O)[O-])cc1[N+](=O)[O-]. The molecule has 1 aromatic heterocycles. The molecule has 2 fully saturated rings. The van der Waals surface area contributed by atoms with Gasteiger partial charge in [-0.15, -0.1) is 0 Å². The normalized spacial score (nSPS) is 15.5. The number of piperidine rings is 1. The minimum atomic E-state index is -0.748. The number of aromatic nitrogens is 3. The van der Waals surface area contributed by atoms with Gasteiger partial charge >= 0.3 is 5.69 Å². The first kappa shape index (κ1) is 28.4. The molecule has 2 saturated heterocycles. The number of ether oxygens (including phenoxy) is 3. The molecular formula is C26H29N9O7. The molecule has 3 aromatic rings. The van der Waals surface area contributed by atoms with Crippen LogP contribution in [0.25, 0.3) is 0 Å². The van der Waals surface area contributed by atoms with Crippen LogP contribution in [0.2, 0.25) is 0 Å². The molecule has 0 aliphatic carbocycles. The first-order valence-corrected chi connectivity index (χ1v) is 13.3. The van der Waals surface area contributed by atoms with E-state index in [0.29, 0.717) is 49.5 Å². The van der Waals surface area contributed by atoms with E-state index in [2.05, 4.69) is 30.3 Å². The van der Waals surface area contributed by atoms with E-state index in [-0.39, 0.29) is 17.4 Å². The number of benzene rings is 2. The highest BCUT2D eigenvalue weighted by Gasteiger charge is 2.23. The van der Waals surface area contributed by atoms with E-state index in [4.69, 9.17) is 19.2 Å². The highest BCUT2D eigenvalue weighted by atomic mass is 16.6. The number of non-ortho nitro benzene ring substituents is 1. The summed E-state index contributed by atoms with van der Waals surface area (Å²) in [6.07, 6.45) is 4.84. The Morgan fingerprint density at radius 1 is 0.881 bits per heavy atom. The molecule has 5 rings (SSSR count). The van der Waals surface area contributed by atoms with Gasteiger partial charge < -0.3 is 24.0 Å². The lowest BCUT2D eigenvalue weighted by Gasteiger charge is -2.30. The summed E-state index contributed by atoms with van der Waals surface area (Å²) in [4.78, 5) is 39.2. The van der Waals surface area contributed by atoms with Gasteiger partial charge in [-0.05, 0) is 49.1 Å². The highest BCUT2D eigenvalue weighted by Crippen LogP contribution is 2.38. The molecule has 1 N–H and O–H groups in total. The molecule has 2 aliphatic heterocycles. The second kappa shape index (κ2) is 13.0. The number of nitrogens with zero attached hydrogens (tertiary/aromatic N) is 8. The number of methoxy groups -OCH3 is 1. The Morgan fingerprint density at radius 3 is 2.24 bits per heavy atom. The third kappa shape index (κ3) is 6.77. The molecule has 0 radical (unpaired) electrons. The number of nitro benzene ring substituents is 2. The number of morpholine rings is 1. The number of rotatable bonds is 10. The summed E-state index contributed by atoms with van der Waals surface area (Å²) < 4.78 is 16.6. The van der Waals surface area contributed by atoms with E-state index in [1.165, 1.54) is 25.8 Å². The molecule has 220 valence electrons. The summed E-state index contributed by atoms with van der Waals surface area (Å²) in [5.74, 6) is 1.70. The zero-order valence-corrected chi connectivity index (χ0v) is 22.8. The Balaban J connectivity index is 1.37. The third-order valence-electron chi connectivity index (χ3n) is 6.68. The Hall–Kier alpha value is -5.12. The summed E-state index contributed by atoms with van der Waals surface area (Å²) in [6.45, 7) is 4.28. The van der Waals surface area contributed by atoms with Gasteiger partial charge in [0.15, 0.2) is 11.5 Å². The molecular weight excluding hydrogens is 550 g/mol. The van der Waals surface area contributed by atoms with Gasteiger partial charge in [0.2, 0.25) is 23.6 Å². The predicted molar refractivity (Wildman–Crippen MR) is 153 cm³/mol. The van der Waals surface area contributed by atoms with Gasteiger partial charge in [-0.3, -0.25) is 20.2 Å². The number of hydrogen-bond donors (Lipinski definition) is 1. The monoisotopic (exact) mass is 579 g/mol. The standard InChI is InChI=1S/C26H29N9O7/c1-40-22-7-5-18(15-23(22)42-21-8-6-19(34(36)37)16-20(21)35(38)39)17-27-31-24-28-25(32-9-3-2-4-10-32)30-26(29-24)33-11-13-41-14-12-33/h5-8,15-17H,2-4,9-14H2,1H3,(H,28,29,30,31)/b27-17-. The summed E-state index contributed by atoms with van der Waals surface area (Å²) in [7, 11) is 1.43. The smallest absolute Gasteiger partial charge is 0.318 e. The summed E-state index contributed by atoms with van der Waals surface area (Å²) >= 11 is 0. The average molecular weight is 580 g/mol. The number of nitro groups is 2. The zero-order chi connectivity index (χ0) is 29.5. The number of anilines is 3. The summed E-state index contributed by atoms with van der Waals surface area (Å²) in [5, 5.41) is 26.9. The van der Waals surface area contributed by atoms with Crippen LogP contribution in [0.1, 0.15) is 24.8 Å². The first-order chi connectivity index (χ1) is 20.4. The maximum absolute atomic E-state index is 11.5. The quantitative estimate of drug-likeness (QED) is 0.208. The van der Waals surface area contributed by atoms with E-state index in [9.17, 15) is 20.2 Å². The fourth-order valence-corrected chi connectivity index (χ4v) is 4.53. The molecule has 0 amide bonds. The third-order valence-corrected chi connectivity index (χ3v) is 6.68. The van der Waals surface area contributed by atoms with Crippen molar-refractivity contribution in [2.45, 2.75) is 19.3 Å². The van der Waals surface area contributed by atoms with Gasteiger partial charge in [0.25, 0.3) is 5.69 Å². The molecule has 16 nitrogen and oxygen atoms in total. The van der Waals surface area contributed by atoms with Crippen LogP contribution in [0.4, 0.5) is 29.2 Å². The molecule has 0 atom stereocenters. The Morgan fingerprint density at radius 2 is 1.57 bits per heavy atom. The molecule has 0 spiro atoms. The second-order valence-corrected chi connectivity index (χ2v) is 9.45. The van der Waals surface area contributed by atoms with Crippen LogP contribution >= 0.6 is 0 Å². The Labute approximate surface area is 240 Å². The van der Waals surface area contributed by atoms with Gasteiger partial charge in [-0.2, -0.15) is 20.1 Å². The lowest BCUT2D eigenvalue weighted by molar-refractivity contribution is -0.394. The Bertz CT molecular complexity index is 1440. The van der Waals surface area contributed by atoms with Crippen LogP contribution in [0.5, 0.6) is 17.2 Å². The van der Waals surface area contributed by atoms with Crippen molar-refractivity contribution in [2.75, 3.05) is 61.7 Å². The first-order valence-electron chi connectivity index (χ1n) is 13.3. The van der Waals surface area contributed by atoms with Crippen LogP contribution in [-0.2, 0) is 4.74 Å². The van der Waals surface area contributed by atoms with Crippen molar-refractivity contribution in [1.29, 1.82) is 0 Å². The van der Waals surface area contributed by atoms with Crippen LogP contribution in [0, 0.1) is 20.2 Å². The molecule has 0 unspecified atom stereocenters. The fraction of sp³-hybridized carbons (Fsp3) is 0.385. The van der Waals surface area contributed by atoms with Crippen molar-refractivity contribution >= 4 is 35.4 Å². The summed E-state index contributed by atoms with van der Waals surface area (Å²) in [6, 6.07) is 8.04. The molecule has 42 heavy (non-hydrogen) atoms. The van der Waals surface area contributed by atoms with Crippen molar-refractivity contribution in [3.63, 3.8) is 0 Å². The highest BCUT2D eigenvalue weighted by molar-refractivity contribution is 5.81. The van der Waals surface area contributed by atoms with Crippen molar-refractivity contribution in [2.24, 2.45) is 5.10 Å². The zero-order valence-electron chi connectivity index (χ0n) is 22.8. The van der Waals surface area contributed by atoms with Crippen molar-refractivity contribution < 1.29 is 24.1 Å². The number of hydrazone groups is 1. The maximum Gasteiger partial charge on any atom is 0.318 e. The molecule has 3 heterocycles. The van der Waals surface area contributed by atoms with Crippen LogP contribution in [0.15, 0.2) is 41.5 Å². The lowest BCUT2D eigenvalue weighted by atomic mass is 10.1. The van der Waals surface area contributed by atoms with Crippen molar-refractivity contribution in [3.05, 3.63) is 62.2 Å². The lowest BCUT2D eigenvalue weighted by Crippen LogP contribution is -2.38. The van der Waals surface area contributed by atoms with Gasteiger partial charge in [-0.25, -0.2) is 5.43 Å². The van der Waals surface area contributed by atoms with Gasteiger partial charge in [-0.1, -0.05) is 0 Å². The van der Waals surface area contributed by atoms with Gasteiger partial charge in [0.1, 0.15) is 0 Å². The Kier molecular flexibility index (Phi) is 8.81. The molecule has 2 aromatic carbocycles. The molecule has 2 aliphatic rings. The van der Waals surface area contributed by atoms with Gasteiger partial charge in [0, 0.05) is 32.2 Å². The number of hydrogen-bond acceptors (Lipinski definition) is 14. The predicted octanol–water partition coefficient (Wildman–Crippen LogP) is 3.76. The largest absolute Gasteiger partial charge is 0.493 e. The minimum Gasteiger partial charge on any atom is -0.493 e. The van der Waals surface area contributed by atoms with E-state index >= 15 is 0 Å². The van der Waals surface area contributed by atoms with Crippen molar-refractivity contribution in [1.82, 2.24) is 15.0 Å². The van der Waals surface area contributed by atoms with E-state index in [1.54, 1.807) is 18.2 Å². The van der Waals surface area contributed by atoms with Gasteiger partial charge in [0.05, 0.1) is 42.5 Å². The average Bonchev–Trinajstić information content (AvgIpc) is 3.02. The maximum atomic E-state index is 11.5. The summed E-state index contributed by atoms with van der Waals surface area (Å²) in [5.41, 5.74) is 2.48. The second-order valence-electron chi connectivity index (χ2n) is 9.45. The van der Waals surface area contributed by atoms with Crippen LogP contribution in [-0.4, -0.2) is 77.5 Å². The number of nitrogens with one attached hydrogen (secondary N) is 1. The molecule has 16 heteroatoms. The van der Waals surface area contributed by atoms with Crippen molar-refractivity contribution in [3.8, 4) is 17.2 Å². The van der Waals surface area contributed by atoms with Crippen LogP contribution in [0.3, 0.4) is 0 Å². The van der Waals surface area contributed by atoms with E-state index < -0.39 is 21.2 Å². The fourth-order valence-electron chi connectivity index (χ4n) is 4.53. The minimum absolute atomic E-state index is 0.153.